The molecule has 78 valence electrons. The van der Waals surface area contributed by atoms with Crippen LogP contribution in [0.4, 0.5) is 0 Å². The summed E-state index contributed by atoms with van der Waals surface area (Å²) in [5, 5.41) is 0. The summed E-state index contributed by atoms with van der Waals surface area (Å²) in [6, 6.07) is 8.23. The van der Waals surface area contributed by atoms with Gasteiger partial charge in [-0.25, -0.2) is 10.9 Å². The molecule has 0 aliphatic rings. The molecule has 4 nitrogen and oxygen atoms in total. The summed E-state index contributed by atoms with van der Waals surface area (Å²) in [5.74, 6) is 4.97. The van der Waals surface area contributed by atoms with Crippen LogP contribution >= 0.6 is 0 Å². The summed E-state index contributed by atoms with van der Waals surface area (Å²) >= 11 is 0. The Morgan fingerprint density at radius 3 is 2.67 bits per heavy atom. The summed E-state index contributed by atoms with van der Waals surface area (Å²) in [5.41, 5.74) is 2.31. The standard InChI is InChI=1S/C11H13N3O/c12-15-8-5-10-1-3-11(4-2-10)14-7-6-13-9-14/h1-4,6-7,9H,5,8,12H2. The summed E-state index contributed by atoms with van der Waals surface area (Å²) < 4.78 is 1.96. The molecule has 0 bridgehead atoms. The first-order chi connectivity index (χ1) is 7.40. The average Bonchev–Trinajstić information content (AvgIpc) is 2.80. The zero-order chi connectivity index (χ0) is 10.5. The van der Waals surface area contributed by atoms with Crippen molar-refractivity contribution >= 4 is 0 Å². The Labute approximate surface area is 88.3 Å². The highest BCUT2D eigenvalue weighted by Gasteiger charge is 1.96. The Hall–Kier alpha value is -1.65. The van der Waals surface area contributed by atoms with Crippen molar-refractivity contribution < 1.29 is 4.84 Å². The van der Waals surface area contributed by atoms with Gasteiger partial charge in [0.05, 0.1) is 12.9 Å². The van der Waals surface area contributed by atoms with Crippen molar-refractivity contribution in [3.63, 3.8) is 0 Å². The molecule has 0 aliphatic carbocycles. The van der Waals surface area contributed by atoms with Gasteiger partial charge in [-0.15, -0.1) is 0 Å². The van der Waals surface area contributed by atoms with E-state index in [1.54, 1.807) is 12.5 Å². The van der Waals surface area contributed by atoms with Crippen LogP contribution in [0.1, 0.15) is 5.56 Å². The largest absolute Gasteiger partial charge is 0.306 e. The summed E-state index contributed by atoms with van der Waals surface area (Å²) in [6.07, 6.45) is 6.28. The van der Waals surface area contributed by atoms with Gasteiger partial charge in [0.15, 0.2) is 0 Å². The Morgan fingerprint density at radius 1 is 1.27 bits per heavy atom. The second-order valence-electron chi connectivity index (χ2n) is 3.26. The van der Waals surface area contributed by atoms with Crippen LogP contribution in [-0.2, 0) is 11.3 Å². The lowest BCUT2D eigenvalue weighted by Crippen LogP contribution is -2.03. The van der Waals surface area contributed by atoms with Gasteiger partial charge in [-0.1, -0.05) is 12.1 Å². The number of aromatic nitrogens is 2. The van der Waals surface area contributed by atoms with E-state index < -0.39 is 0 Å². The van der Waals surface area contributed by atoms with Crippen LogP contribution in [-0.4, -0.2) is 16.2 Å². The highest BCUT2D eigenvalue weighted by Crippen LogP contribution is 2.09. The minimum Gasteiger partial charge on any atom is -0.306 e. The molecule has 4 heteroatoms. The van der Waals surface area contributed by atoms with Gasteiger partial charge >= 0.3 is 0 Å². The van der Waals surface area contributed by atoms with Gasteiger partial charge < -0.3 is 9.40 Å². The molecule has 0 amide bonds. The summed E-state index contributed by atoms with van der Waals surface area (Å²) in [6.45, 7) is 0.546. The molecule has 15 heavy (non-hydrogen) atoms. The van der Waals surface area contributed by atoms with Crippen molar-refractivity contribution in [2.24, 2.45) is 5.90 Å². The molecule has 1 aromatic carbocycles. The Kier molecular flexibility index (Phi) is 3.11. The predicted octanol–water partition coefficient (Wildman–Crippen LogP) is 1.31. The summed E-state index contributed by atoms with van der Waals surface area (Å²) in [4.78, 5) is 8.53. The first kappa shape index (κ1) is 9.89. The monoisotopic (exact) mass is 203 g/mol. The number of nitrogens with two attached hydrogens (primary N) is 1. The fourth-order valence-corrected chi connectivity index (χ4v) is 1.42. The number of nitrogens with zero attached hydrogens (tertiary/aromatic N) is 2. The Balaban J connectivity index is 2.11. The minimum absolute atomic E-state index is 0.546. The maximum absolute atomic E-state index is 4.97. The van der Waals surface area contributed by atoms with E-state index in [9.17, 15) is 0 Å². The molecule has 0 unspecified atom stereocenters. The predicted molar refractivity (Wildman–Crippen MR) is 57.4 cm³/mol. The first-order valence-electron chi connectivity index (χ1n) is 4.79. The van der Waals surface area contributed by atoms with E-state index >= 15 is 0 Å². The topological polar surface area (TPSA) is 53.1 Å². The second kappa shape index (κ2) is 4.72. The van der Waals surface area contributed by atoms with E-state index in [1.807, 2.05) is 22.9 Å². The van der Waals surface area contributed by atoms with Crippen molar-refractivity contribution in [2.75, 3.05) is 6.61 Å². The number of imidazole rings is 1. The van der Waals surface area contributed by atoms with Gasteiger partial charge in [0.2, 0.25) is 0 Å². The number of rotatable bonds is 4. The fourth-order valence-electron chi connectivity index (χ4n) is 1.42. The maximum Gasteiger partial charge on any atom is 0.0991 e. The van der Waals surface area contributed by atoms with E-state index in [2.05, 4.69) is 22.0 Å². The highest BCUT2D eigenvalue weighted by molar-refractivity contribution is 5.34. The van der Waals surface area contributed by atoms with Crippen LogP contribution in [0, 0.1) is 0 Å². The lowest BCUT2D eigenvalue weighted by Gasteiger charge is -2.04. The minimum atomic E-state index is 0.546. The third kappa shape index (κ3) is 2.43. The number of hydrogen-bond donors (Lipinski definition) is 1. The van der Waals surface area contributed by atoms with Gasteiger partial charge in [0, 0.05) is 18.1 Å². The van der Waals surface area contributed by atoms with E-state index in [0.29, 0.717) is 6.61 Å². The molecule has 0 saturated heterocycles. The van der Waals surface area contributed by atoms with Crippen molar-refractivity contribution in [3.8, 4) is 5.69 Å². The molecule has 2 aromatic rings. The molecular formula is C11H13N3O. The summed E-state index contributed by atoms with van der Waals surface area (Å²) in [7, 11) is 0. The molecule has 1 aromatic heterocycles. The number of hydrogen-bond acceptors (Lipinski definition) is 3. The van der Waals surface area contributed by atoms with Crippen LogP contribution in [0.2, 0.25) is 0 Å². The Bertz CT molecular complexity index is 394. The molecular weight excluding hydrogens is 190 g/mol. The Morgan fingerprint density at radius 2 is 2.07 bits per heavy atom. The molecule has 0 spiro atoms. The van der Waals surface area contributed by atoms with E-state index in [0.717, 1.165) is 12.1 Å². The molecule has 0 radical (unpaired) electrons. The first-order valence-corrected chi connectivity index (χ1v) is 4.79. The van der Waals surface area contributed by atoms with Crippen molar-refractivity contribution in [1.82, 2.24) is 9.55 Å². The van der Waals surface area contributed by atoms with Gasteiger partial charge in [-0.2, -0.15) is 0 Å². The molecule has 2 N–H and O–H groups in total. The van der Waals surface area contributed by atoms with Gasteiger partial charge in [-0.3, -0.25) is 0 Å². The molecule has 0 atom stereocenters. The molecule has 1 heterocycles. The lowest BCUT2D eigenvalue weighted by molar-refractivity contribution is 0.141. The molecule has 0 saturated carbocycles. The smallest absolute Gasteiger partial charge is 0.0991 e. The maximum atomic E-state index is 4.97. The van der Waals surface area contributed by atoms with E-state index in [4.69, 9.17) is 5.90 Å². The van der Waals surface area contributed by atoms with Crippen LogP contribution in [0.15, 0.2) is 43.0 Å². The van der Waals surface area contributed by atoms with Crippen LogP contribution in [0.25, 0.3) is 5.69 Å². The van der Waals surface area contributed by atoms with E-state index in [1.165, 1.54) is 5.56 Å². The SMILES string of the molecule is NOCCc1ccc(-n2ccnc2)cc1. The normalized spacial score (nSPS) is 10.5. The van der Waals surface area contributed by atoms with Crippen LogP contribution in [0.5, 0.6) is 0 Å². The van der Waals surface area contributed by atoms with Crippen LogP contribution < -0.4 is 5.90 Å². The third-order valence-electron chi connectivity index (χ3n) is 2.25. The fraction of sp³-hybridized carbons (Fsp3) is 0.182. The van der Waals surface area contributed by atoms with E-state index in [-0.39, 0.29) is 0 Å². The zero-order valence-electron chi connectivity index (χ0n) is 8.34. The lowest BCUT2D eigenvalue weighted by atomic mass is 10.1. The molecule has 0 aliphatic heterocycles. The van der Waals surface area contributed by atoms with Gasteiger partial charge in [0.1, 0.15) is 0 Å². The molecule has 2 rings (SSSR count). The zero-order valence-corrected chi connectivity index (χ0v) is 8.34. The van der Waals surface area contributed by atoms with Gasteiger partial charge in [-0.05, 0) is 24.1 Å². The van der Waals surface area contributed by atoms with Crippen molar-refractivity contribution in [1.29, 1.82) is 0 Å². The van der Waals surface area contributed by atoms with Crippen molar-refractivity contribution in [2.45, 2.75) is 6.42 Å². The highest BCUT2D eigenvalue weighted by atomic mass is 16.6. The second-order valence-corrected chi connectivity index (χ2v) is 3.26. The van der Waals surface area contributed by atoms with Crippen LogP contribution in [0.3, 0.4) is 0 Å². The third-order valence-corrected chi connectivity index (χ3v) is 2.25. The van der Waals surface area contributed by atoms with Crippen molar-refractivity contribution in [3.05, 3.63) is 48.5 Å². The number of benzene rings is 1. The quantitative estimate of drug-likeness (QED) is 0.762. The average molecular weight is 203 g/mol. The van der Waals surface area contributed by atoms with Gasteiger partial charge in [0.25, 0.3) is 0 Å². The molecule has 0 fully saturated rings.